The molecule has 4 rings (SSSR count). The number of fused-ring (bicyclic) bond motifs is 3. The second-order valence-corrected chi connectivity index (χ2v) is 6.92. The van der Waals surface area contributed by atoms with Gasteiger partial charge in [0.05, 0.1) is 10.9 Å². The summed E-state index contributed by atoms with van der Waals surface area (Å²) in [5.41, 5.74) is 1.29. The van der Waals surface area contributed by atoms with Crippen LogP contribution in [0.1, 0.15) is 29.7 Å². The van der Waals surface area contributed by atoms with E-state index in [4.69, 9.17) is 0 Å². The van der Waals surface area contributed by atoms with Gasteiger partial charge in [-0.05, 0) is 43.4 Å². The fourth-order valence-electron chi connectivity index (χ4n) is 3.19. The number of nitrogens with zero attached hydrogens (tertiary/aromatic N) is 1. The number of para-hydroxylation sites is 1. The first-order valence-electron chi connectivity index (χ1n) is 7.71. The minimum atomic E-state index is -0.270. The molecule has 5 nitrogen and oxygen atoms in total. The van der Waals surface area contributed by atoms with E-state index >= 15 is 0 Å². The lowest BCUT2D eigenvalue weighted by Gasteiger charge is -2.05. The smallest absolute Gasteiger partial charge is 0.260 e. The summed E-state index contributed by atoms with van der Waals surface area (Å²) in [6.45, 7) is 0. The molecule has 6 heteroatoms. The number of nitrogens with one attached hydrogen (secondary N) is 1. The van der Waals surface area contributed by atoms with Gasteiger partial charge in [0, 0.05) is 4.88 Å². The van der Waals surface area contributed by atoms with Gasteiger partial charge >= 0.3 is 0 Å². The van der Waals surface area contributed by atoms with E-state index in [2.05, 4.69) is 9.97 Å². The van der Waals surface area contributed by atoms with Crippen molar-refractivity contribution in [1.82, 2.24) is 9.97 Å². The second kappa shape index (κ2) is 5.38. The molecule has 0 spiro atoms. The predicted octanol–water partition coefficient (Wildman–Crippen LogP) is 3.33. The van der Waals surface area contributed by atoms with E-state index in [9.17, 15) is 15.0 Å². The van der Waals surface area contributed by atoms with Crippen LogP contribution in [0, 0.1) is 0 Å². The summed E-state index contributed by atoms with van der Waals surface area (Å²) in [5, 5.41) is 20.3. The molecule has 0 bridgehead atoms. The molecular weight excluding hydrogens is 312 g/mol. The minimum absolute atomic E-state index is 0.174. The highest BCUT2D eigenvalue weighted by molar-refractivity contribution is 7.18. The molecule has 0 unspecified atom stereocenters. The molecule has 0 radical (unpaired) electrons. The van der Waals surface area contributed by atoms with Crippen molar-refractivity contribution < 1.29 is 10.2 Å². The van der Waals surface area contributed by atoms with E-state index in [1.165, 1.54) is 17.4 Å². The zero-order valence-electron chi connectivity index (χ0n) is 12.4. The topological polar surface area (TPSA) is 86.2 Å². The largest absolute Gasteiger partial charge is 0.504 e. The van der Waals surface area contributed by atoms with Crippen molar-refractivity contribution in [3.05, 3.63) is 39.0 Å². The lowest BCUT2D eigenvalue weighted by Crippen LogP contribution is -2.10. The van der Waals surface area contributed by atoms with Gasteiger partial charge in [-0.25, -0.2) is 4.98 Å². The highest BCUT2D eigenvalue weighted by atomic mass is 32.1. The third-order valence-electron chi connectivity index (χ3n) is 4.34. The number of hydrogen-bond acceptors (Lipinski definition) is 5. The van der Waals surface area contributed by atoms with Crippen LogP contribution in [-0.2, 0) is 12.8 Å². The van der Waals surface area contributed by atoms with E-state index in [0.717, 1.165) is 31.2 Å². The van der Waals surface area contributed by atoms with Crippen molar-refractivity contribution in [3.8, 4) is 22.9 Å². The molecule has 1 aliphatic carbocycles. The molecule has 0 saturated carbocycles. The molecule has 0 saturated heterocycles. The zero-order chi connectivity index (χ0) is 16.0. The van der Waals surface area contributed by atoms with Crippen LogP contribution in [0.2, 0.25) is 0 Å². The van der Waals surface area contributed by atoms with Gasteiger partial charge in [0.15, 0.2) is 11.5 Å². The monoisotopic (exact) mass is 328 g/mol. The highest BCUT2D eigenvalue weighted by Gasteiger charge is 2.20. The fourth-order valence-corrected chi connectivity index (χ4v) is 4.45. The van der Waals surface area contributed by atoms with Gasteiger partial charge in [-0.3, -0.25) is 4.79 Å². The third kappa shape index (κ3) is 2.30. The van der Waals surface area contributed by atoms with Gasteiger partial charge in [0.25, 0.3) is 5.56 Å². The Balaban J connectivity index is 1.95. The summed E-state index contributed by atoms with van der Waals surface area (Å²) in [4.78, 5) is 21.8. The maximum Gasteiger partial charge on any atom is 0.260 e. The Labute approximate surface area is 136 Å². The minimum Gasteiger partial charge on any atom is -0.504 e. The standard InChI is InChI=1S/C17H16N2O3S/c20-11-7-4-6-10(14(11)21)15-18-16(22)13-9-5-2-1-3-8-12(9)23-17(13)19-15/h4,6-7,20-21H,1-3,5,8H2,(H,18,19,22). The summed E-state index contributed by atoms with van der Waals surface area (Å²) in [7, 11) is 0. The Morgan fingerprint density at radius 3 is 2.83 bits per heavy atom. The van der Waals surface area contributed by atoms with E-state index in [0.29, 0.717) is 15.8 Å². The Kier molecular flexibility index (Phi) is 3.34. The van der Waals surface area contributed by atoms with Crippen molar-refractivity contribution in [2.75, 3.05) is 0 Å². The van der Waals surface area contributed by atoms with Crippen LogP contribution in [0.3, 0.4) is 0 Å². The Morgan fingerprint density at radius 1 is 1.13 bits per heavy atom. The van der Waals surface area contributed by atoms with Crippen LogP contribution in [0.15, 0.2) is 23.0 Å². The SMILES string of the molecule is O=c1[nH]c(-c2cccc(O)c2O)nc2sc3c(c12)CCCCC3. The molecule has 3 N–H and O–H groups in total. The molecule has 1 aromatic carbocycles. The quantitative estimate of drug-likeness (QED) is 0.472. The van der Waals surface area contributed by atoms with Gasteiger partial charge in [-0.2, -0.15) is 0 Å². The van der Waals surface area contributed by atoms with Gasteiger partial charge < -0.3 is 15.2 Å². The van der Waals surface area contributed by atoms with E-state index in [-0.39, 0.29) is 22.9 Å². The molecular formula is C17H16N2O3S. The van der Waals surface area contributed by atoms with Crippen molar-refractivity contribution >= 4 is 21.6 Å². The molecule has 0 atom stereocenters. The number of phenolic OH excluding ortho intramolecular Hbond substituents is 2. The number of rotatable bonds is 1. The number of aromatic nitrogens is 2. The van der Waals surface area contributed by atoms with E-state index < -0.39 is 0 Å². The van der Waals surface area contributed by atoms with Crippen LogP contribution in [0.5, 0.6) is 11.5 Å². The Morgan fingerprint density at radius 2 is 1.96 bits per heavy atom. The number of aromatic hydroxyl groups is 2. The van der Waals surface area contributed by atoms with Crippen LogP contribution in [-0.4, -0.2) is 20.2 Å². The number of aryl methyl sites for hydroxylation is 2. The van der Waals surface area contributed by atoms with Gasteiger partial charge in [0.2, 0.25) is 0 Å². The summed E-state index contributed by atoms with van der Waals surface area (Å²) < 4.78 is 0. The van der Waals surface area contributed by atoms with Gasteiger partial charge in [0.1, 0.15) is 10.7 Å². The fraction of sp³-hybridized carbons (Fsp3) is 0.294. The van der Waals surface area contributed by atoms with E-state index in [1.54, 1.807) is 23.5 Å². The highest BCUT2D eigenvalue weighted by Crippen LogP contribution is 2.37. The van der Waals surface area contributed by atoms with Gasteiger partial charge in [-0.1, -0.05) is 12.5 Å². The lowest BCUT2D eigenvalue weighted by molar-refractivity contribution is 0.405. The van der Waals surface area contributed by atoms with Crippen LogP contribution in [0.4, 0.5) is 0 Å². The molecule has 1 aliphatic rings. The zero-order valence-corrected chi connectivity index (χ0v) is 13.2. The predicted molar refractivity (Wildman–Crippen MR) is 90.3 cm³/mol. The molecule has 2 aromatic heterocycles. The maximum absolute atomic E-state index is 12.6. The van der Waals surface area contributed by atoms with Crippen molar-refractivity contribution in [1.29, 1.82) is 0 Å². The molecule has 0 fully saturated rings. The summed E-state index contributed by atoms with van der Waals surface area (Å²) >= 11 is 1.57. The molecule has 3 aromatic rings. The number of hydrogen-bond donors (Lipinski definition) is 3. The summed E-state index contributed by atoms with van der Waals surface area (Å²) in [6, 6.07) is 4.62. The van der Waals surface area contributed by atoms with E-state index in [1.807, 2.05) is 0 Å². The van der Waals surface area contributed by atoms with Crippen LogP contribution < -0.4 is 5.56 Å². The average Bonchev–Trinajstić information content (AvgIpc) is 2.72. The summed E-state index contributed by atoms with van der Waals surface area (Å²) in [5.74, 6) is -0.215. The molecule has 0 amide bonds. The van der Waals surface area contributed by atoms with Gasteiger partial charge in [-0.15, -0.1) is 11.3 Å². The van der Waals surface area contributed by atoms with Crippen LogP contribution >= 0.6 is 11.3 Å². The summed E-state index contributed by atoms with van der Waals surface area (Å²) in [6.07, 6.45) is 5.38. The second-order valence-electron chi connectivity index (χ2n) is 5.83. The molecule has 118 valence electrons. The number of benzene rings is 1. The average molecular weight is 328 g/mol. The van der Waals surface area contributed by atoms with Crippen molar-refractivity contribution in [3.63, 3.8) is 0 Å². The first-order valence-corrected chi connectivity index (χ1v) is 8.52. The van der Waals surface area contributed by atoms with Crippen molar-refractivity contribution in [2.24, 2.45) is 0 Å². The molecule has 0 aliphatic heterocycles. The number of H-pyrrole nitrogens is 1. The number of aromatic amines is 1. The lowest BCUT2D eigenvalue weighted by atomic mass is 10.1. The normalized spacial score (nSPS) is 14.6. The molecule has 2 heterocycles. The van der Waals surface area contributed by atoms with Crippen molar-refractivity contribution in [2.45, 2.75) is 32.1 Å². The van der Waals surface area contributed by atoms with Crippen LogP contribution in [0.25, 0.3) is 21.6 Å². The Hall–Kier alpha value is -2.34. The third-order valence-corrected chi connectivity index (χ3v) is 5.53. The first kappa shape index (κ1) is 14.3. The first-order chi connectivity index (χ1) is 11.1. The number of phenols is 2. The Bertz CT molecular complexity index is 958. The number of thiophene rings is 1. The molecule has 23 heavy (non-hydrogen) atoms. The maximum atomic E-state index is 12.6.